The van der Waals surface area contributed by atoms with Crippen molar-refractivity contribution in [2.75, 3.05) is 23.7 Å². The van der Waals surface area contributed by atoms with E-state index in [1.54, 1.807) is 12.2 Å². The molecule has 0 spiro atoms. The van der Waals surface area contributed by atoms with E-state index in [-0.39, 0.29) is 23.6 Å². The van der Waals surface area contributed by atoms with Crippen LogP contribution in [0.3, 0.4) is 0 Å². The normalized spacial score (nSPS) is 18.6. The number of nitrogens with one attached hydrogen (secondary N) is 2. The van der Waals surface area contributed by atoms with Gasteiger partial charge in [0.05, 0.1) is 0 Å². The van der Waals surface area contributed by atoms with E-state index in [1.165, 1.54) is 23.6 Å². The number of anilines is 2. The van der Waals surface area contributed by atoms with Gasteiger partial charge >= 0.3 is 0 Å². The molecule has 2 atom stereocenters. The Morgan fingerprint density at radius 2 is 1.03 bits per heavy atom. The fourth-order valence-electron chi connectivity index (χ4n) is 4.13. The molecule has 2 aliphatic heterocycles. The molecule has 4 rings (SSSR count). The van der Waals surface area contributed by atoms with Crippen LogP contribution in [0, 0.1) is 0 Å². The summed E-state index contributed by atoms with van der Waals surface area (Å²) >= 11 is 0. The zero-order chi connectivity index (χ0) is 25.7. The van der Waals surface area contributed by atoms with Crippen molar-refractivity contribution in [2.45, 2.75) is 25.9 Å². The maximum atomic E-state index is 12.5. The molecule has 0 saturated carbocycles. The first kappa shape index (κ1) is 24.7. The van der Waals surface area contributed by atoms with E-state index in [4.69, 9.17) is 0 Å². The van der Waals surface area contributed by atoms with Gasteiger partial charge in [0, 0.05) is 38.3 Å². The van der Waals surface area contributed by atoms with Gasteiger partial charge in [0.2, 0.25) is 11.8 Å². The van der Waals surface area contributed by atoms with Crippen molar-refractivity contribution in [2.24, 2.45) is 0 Å². The van der Waals surface area contributed by atoms with Gasteiger partial charge in [-0.05, 0) is 35.4 Å². The van der Waals surface area contributed by atoms with Crippen LogP contribution in [0.2, 0.25) is 0 Å². The third kappa shape index (κ3) is 5.78. The number of amides is 4. The Morgan fingerprint density at radius 3 is 1.36 bits per heavy atom. The Labute approximate surface area is 210 Å². The molecule has 184 valence electrons. The molecule has 8 nitrogen and oxygen atoms in total. The summed E-state index contributed by atoms with van der Waals surface area (Å²) < 4.78 is 0. The molecule has 0 radical (unpaired) electrons. The molecule has 8 heteroatoms. The summed E-state index contributed by atoms with van der Waals surface area (Å²) in [5.74, 6) is -0.761. The van der Waals surface area contributed by atoms with E-state index in [0.717, 1.165) is 11.1 Å². The molecule has 2 aromatic rings. The SMILES string of the molecule is CC(=O)N1CC=C[C@H]1C(=O)Nc1ccc(C=Cc2ccc(NC(=O)[C@@H]3C=CCN3C(C)=O)cc2)cc1. The number of rotatable bonds is 6. The molecule has 0 aliphatic carbocycles. The highest BCUT2D eigenvalue weighted by atomic mass is 16.2. The topological polar surface area (TPSA) is 98.8 Å². The summed E-state index contributed by atoms with van der Waals surface area (Å²) in [7, 11) is 0. The molecular weight excluding hydrogens is 456 g/mol. The zero-order valence-corrected chi connectivity index (χ0v) is 20.2. The van der Waals surface area contributed by atoms with Gasteiger partial charge in [0.25, 0.3) is 11.8 Å². The van der Waals surface area contributed by atoms with Gasteiger partial charge in [0.15, 0.2) is 0 Å². The van der Waals surface area contributed by atoms with Crippen molar-refractivity contribution >= 4 is 47.2 Å². The average molecular weight is 485 g/mol. The van der Waals surface area contributed by atoms with E-state index in [2.05, 4.69) is 10.6 Å². The summed E-state index contributed by atoms with van der Waals surface area (Å²) in [6.07, 6.45) is 11.0. The zero-order valence-electron chi connectivity index (χ0n) is 20.2. The lowest BCUT2D eigenvalue weighted by atomic mass is 10.1. The van der Waals surface area contributed by atoms with E-state index in [9.17, 15) is 19.2 Å². The highest BCUT2D eigenvalue weighted by molar-refractivity contribution is 5.99. The van der Waals surface area contributed by atoms with Gasteiger partial charge in [-0.25, -0.2) is 0 Å². The molecule has 0 unspecified atom stereocenters. The monoisotopic (exact) mass is 484 g/mol. The van der Waals surface area contributed by atoms with Crippen molar-refractivity contribution < 1.29 is 19.2 Å². The first-order valence-electron chi connectivity index (χ1n) is 11.7. The second-order valence-electron chi connectivity index (χ2n) is 8.64. The standard InChI is InChI=1S/C28H28N4O4/c1-19(33)31-17-3-5-25(31)27(35)29-23-13-9-21(10-14-23)7-8-22-11-15-24(16-12-22)30-28(36)26-6-4-18-32(26)20(2)34/h3-16,25-26H,17-18H2,1-2H3,(H,29,35)(H,30,36)/t25-,26-/m0/s1. The molecule has 0 fully saturated rings. The molecule has 2 aromatic carbocycles. The van der Waals surface area contributed by atoms with E-state index >= 15 is 0 Å². The van der Waals surface area contributed by atoms with Gasteiger partial charge in [-0.15, -0.1) is 0 Å². The largest absolute Gasteiger partial charge is 0.324 e. The highest BCUT2D eigenvalue weighted by Gasteiger charge is 2.29. The van der Waals surface area contributed by atoms with Crippen LogP contribution in [0.25, 0.3) is 12.2 Å². The lowest BCUT2D eigenvalue weighted by molar-refractivity contribution is -0.134. The number of carbonyl (C=O) groups excluding carboxylic acids is 4. The first-order valence-corrected chi connectivity index (χ1v) is 11.7. The third-order valence-corrected chi connectivity index (χ3v) is 6.08. The second-order valence-corrected chi connectivity index (χ2v) is 8.64. The van der Waals surface area contributed by atoms with E-state index < -0.39 is 12.1 Å². The molecule has 36 heavy (non-hydrogen) atoms. The maximum Gasteiger partial charge on any atom is 0.251 e. The minimum absolute atomic E-state index is 0.137. The molecule has 2 aliphatic rings. The fourth-order valence-corrected chi connectivity index (χ4v) is 4.13. The minimum Gasteiger partial charge on any atom is -0.324 e. The van der Waals surface area contributed by atoms with Crippen molar-refractivity contribution in [3.8, 4) is 0 Å². The Balaban J connectivity index is 1.31. The summed E-state index contributed by atoms with van der Waals surface area (Å²) in [6.45, 7) is 3.80. The van der Waals surface area contributed by atoms with Crippen LogP contribution >= 0.6 is 0 Å². The fraction of sp³-hybridized carbons (Fsp3) is 0.214. The number of carbonyl (C=O) groups is 4. The molecule has 0 saturated heterocycles. The predicted molar refractivity (Wildman–Crippen MR) is 140 cm³/mol. The average Bonchev–Trinajstić information content (AvgIpc) is 3.55. The number of benzene rings is 2. The van der Waals surface area contributed by atoms with Gasteiger partial charge < -0.3 is 20.4 Å². The third-order valence-electron chi connectivity index (χ3n) is 6.08. The molecule has 0 aromatic heterocycles. The van der Waals surface area contributed by atoms with Crippen LogP contribution in [-0.2, 0) is 19.2 Å². The summed E-state index contributed by atoms with van der Waals surface area (Å²) in [4.78, 5) is 51.4. The van der Waals surface area contributed by atoms with Crippen LogP contribution < -0.4 is 10.6 Å². The van der Waals surface area contributed by atoms with Crippen molar-refractivity contribution in [1.29, 1.82) is 0 Å². The molecule has 2 heterocycles. The lowest BCUT2D eigenvalue weighted by Gasteiger charge is -2.22. The quantitative estimate of drug-likeness (QED) is 0.486. The van der Waals surface area contributed by atoms with Crippen LogP contribution in [0.15, 0.2) is 72.8 Å². The lowest BCUT2D eigenvalue weighted by Crippen LogP contribution is -2.42. The Hall–Kier alpha value is -4.46. The number of hydrogen-bond acceptors (Lipinski definition) is 4. The van der Waals surface area contributed by atoms with Gasteiger partial charge in [0.1, 0.15) is 12.1 Å². The summed E-state index contributed by atoms with van der Waals surface area (Å²) in [5.41, 5.74) is 3.21. The molecule has 2 N–H and O–H groups in total. The van der Waals surface area contributed by atoms with E-state index in [1.807, 2.05) is 72.8 Å². The summed E-state index contributed by atoms with van der Waals surface area (Å²) in [5, 5.41) is 5.70. The van der Waals surface area contributed by atoms with Gasteiger partial charge in [-0.1, -0.05) is 60.7 Å². The number of nitrogens with zero attached hydrogens (tertiary/aromatic N) is 2. The van der Waals surface area contributed by atoms with Crippen molar-refractivity contribution in [3.05, 3.63) is 84.0 Å². The number of hydrogen-bond donors (Lipinski definition) is 2. The van der Waals surface area contributed by atoms with Crippen molar-refractivity contribution in [1.82, 2.24) is 9.80 Å². The van der Waals surface area contributed by atoms with Crippen LogP contribution in [-0.4, -0.2) is 58.6 Å². The molecular formula is C28H28N4O4. The predicted octanol–water partition coefficient (Wildman–Crippen LogP) is 3.31. The Morgan fingerprint density at radius 1 is 0.667 bits per heavy atom. The van der Waals surface area contributed by atoms with Crippen LogP contribution in [0.5, 0.6) is 0 Å². The van der Waals surface area contributed by atoms with E-state index in [0.29, 0.717) is 24.5 Å². The smallest absolute Gasteiger partial charge is 0.251 e. The van der Waals surface area contributed by atoms with Crippen molar-refractivity contribution in [3.63, 3.8) is 0 Å². The summed E-state index contributed by atoms with van der Waals surface area (Å²) in [6, 6.07) is 13.7. The van der Waals surface area contributed by atoms with Crippen LogP contribution in [0.4, 0.5) is 11.4 Å². The first-order chi connectivity index (χ1) is 17.3. The minimum atomic E-state index is -0.586. The Bertz CT molecular complexity index is 1150. The molecule has 4 amide bonds. The Kier molecular flexibility index (Phi) is 7.44. The molecule has 0 bridgehead atoms. The highest BCUT2D eigenvalue weighted by Crippen LogP contribution is 2.18. The maximum absolute atomic E-state index is 12.5. The van der Waals surface area contributed by atoms with Gasteiger partial charge in [-0.3, -0.25) is 19.2 Å². The van der Waals surface area contributed by atoms with Crippen LogP contribution in [0.1, 0.15) is 25.0 Å². The van der Waals surface area contributed by atoms with Gasteiger partial charge in [-0.2, -0.15) is 0 Å². The second kappa shape index (κ2) is 10.9.